The van der Waals surface area contributed by atoms with Gasteiger partial charge in [-0.3, -0.25) is 14.5 Å². The van der Waals surface area contributed by atoms with Crippen molar-refractivity contribution in [3.63, 3.8) is 0 Å². The van der Waals surface area contributed by atoms with E-state index in [1.807, 2.05) is 30.3 Å². The molecule has 1 aliphatic heterocycles. The lowest BCUT2D eigenvalue weighted by atomic mass is 10.00. The van der Waals surface area contributed by atoms with E-state index in [1.165, 1.54) is 11.1 Å². The summed E-state index contributed by atoms with van der Waals surface area (Å²) in [5.41, 5.74) is 4.18. The van der Waals surface area contributed by atoms with Gasteiger partial charge in [0.15, 0.2) is 0 Å². The summed E-state index contributed by atoms with van der Waals surface area (Å²) in [6, 6.07) is 24.9. The number of hydrogen-bond donors (Lipinski definition) is 2. The zero-order valence-corrected chi connectivity index (χ0v) is 20.7. The van der Waals surface area contributed by atoms with E-state index in [1.54, 1.807) is 31.4 Å². The number of benzene rings is 3. The van der Waals surface area contributed by atoms with Crippen molar-refractivity contribution in [3.8, 4) is 5.75 Å². The van der Waals surface area contributed by atoms with Gasteiger partial charge in [-0.05, 0) is 66.6 Å². The maximum Gasteiger partial charge on any atom is 0.252 e. The second-order valence-electron chi connectivity index (χ2n) is 9.70. The SMILES string of the molecule is COc1ccc(C(=O)N[C@@H](C(=O)NC2CCN(C3Cc4ccccc4C3)CC2)c2ccccc2)cc1. The maximum atomic E-state index is 13.4. The minimum atomic E-state index is -0.761. The first-order valence-electron chi connectivity index (χ1n) is 12.7. The van der Waals surface area contributed by atoms with Crippen LogP contribution in [-0.4, -0.2) is 49.0 Å². The number of fused-ring (bicyclic) bond motifs is 1. The minimum Gasteiger partial charge on any atom is -0.497 e. The molecule has 5 rings (SSSR count). The third-order valence-electron chi connectivity index (χ3n) is 7.44. The first-order chi connectivity index (χ1) is 17.6. The standard InChI is InChI=1S/C30H33N3O3/c1-36-27-13-11-22(12-14-27)29(34)32-28(21-7-3-2-4-8-21)30(35)31-25-15-17-33(18-16-25)26-19-23-9-5-6-10-24(23)20-26/h2-14,25-26,28H,15-20H2,1H3,(H,31,35)(H,32,34)/t28-/m1/s1. The third-order valence-corrected chi connectivity index (χ3v) is 7.44. The van der Waals surface area contributed by atoms with Crippen LogP contribution in [0.25, 0.3) is 0 Å². The Hall–Kier alpha value is -3.64. The van der Waals surface area contributed by atoms with Crippen molar-refractivity contribution in [2.75, 3.05) is 20.2 Å². The maximum absolute atomic E-state index is 13.4. The molecule has 0 radical (unpaired) electrons. The van der Waals surface area contributed by atoms with Crippen molar-refractivity contribution < 1.29 is 14.3 Å². The van der Waals surface area contributed by atoms with Gasteiger partial charge < -0.3 is 15.4 Å². The fraction of sp³-hybridized carbons (Fsp3) is 0.333. The highest BCUT2D eigenvalue weighted by atomic mass is 16.5. The summed E-state index contributed by atoms with van der Waals surface area (Å²) >= 11 is 0. The number of ether oxygens (including phenoxy) is 1. The van der Waals surface area contributed by atoms with Crippen molar-refractivity contribution in [2.45, 2.75) is 43.8 Å². The summed E-state index contributed by atoms with van der Waals surface area (Å²) in [6.45, 7) is 1.94. The largest absolute Gasteiger partial charge is 0.497 e. The Balaban J connectivity index is 1.20. The second-order valence-corrected chi connectivity index (χ2v) is 9.70. The Labute approximate surface area is 212 Å². The molecule has 2 N–H and O–H groups in total. The predicted molar refractivity (Wildman–Crippen MR) is 140 cm³/mol. The fourth-order valence-electron chi connectivity index (χ4n) is 5.39. The number of carbonyl (C=O) groups is 2. The molecule has 6 nitrogen and oxygen atoms in total. The number of hydrogen-bond acceptors (Lipinski definition) is 4. The predicted octanol–water partition coefficient (Wildman–Crippen LogP) is 3.91. The number of methoxy groups -OCH3 is 1. The van der Waals surface area contributed by atoms with Gasteiger partial charge in [-0.1, -0.05) is 54.6 Å². The van der Waals surface area contributed by atoms with Crippen molar-refractivity contribution in [1.29, 1.82) is 0 Å². The summed E-state index contributed by atoms with van der Waals surface area (Å²) in [5.74, 6) is 0.212. The van der Waals surface area contributed by atoms with Gasteiger partial charge in [0, 0.05) is 30.7 Å². The molecule has 186 valence electrons. The Bertz CT molecular complexity index is 1160. The molecule has 2 aliphatic rings. The lowest BCUT2D eigenvalue weighted by Gasteiger charge is -2.36. The van der Waals surface area contributed by atoms with Crippen molar-refractivity contribution in [1.82, 2.24) is 15.5 Å². The quantitative estimate of drug-likeness (QED) is 0.535. The van der Waals surface area contributed by atoms with E-state index < -0.39 is 6.04 Å². The molecule has 1 saturated heterocycles. The molecule has 2 amide bonds. The number of amides is 2. The summed E-state index contributed by atoms with van der Waals surface area (Å²) in [4.78, 5) is 28.9. The smallest absolute Gasteiger partial charge is 0.252 e. The number of piperidine rings is 1. The van der Waals surface area contributed by atoms with E-state index in [9.17, 15) is 9.59 Å². The molecule has 36 heavy (non-hydrogen) atoms. The van der Waals surface area contributed by atoms with Gasteiger partial charge in [-0.15, -0.1) is 0 Å². The molecule has 0 unspecified atom stereocenters. The van der Waals surface area contributed by atoms with Crippen LogP contribution in [-0.2, 0) is 17.6 Å². The molecular formula is C30H33N3O3. The lowest BCUT2D eigenvalue weighted by Crippen LogP contribution is -2.50. The molecule has 1 fully saturated rings. The highest BCUT2D eigenvalue weighted by Gasteiger charge is 2.31. The molecule has 0 aromatic heterocycles. The zero-order valence-electron chi connectivity index (χ0n) is 20.7. The van der Waals surface area contributed by atoms with E-state index in [0.717, 1.165) is 44.3 Å². The van der Waals surface area contributed by atoms with Gasteiger partial charge in [0.2, 0.25) is 5.91 Å². The van der Waals surface area contributed by atoms with Crippen LogP contribution in [0.2, 0.25) is 0 Å². The molecule has 0 saturated carbocycles. The van der Waals surface area contributed by atoms with Crippen molar-refractivity contribution in [3.05, 3.63) is 101 Å². The van der Waals surface area contributed by atoms with Crippen LogP contribution in [0.1, 0.15) is 45.9 Å². The van der Waals surface area contributed by atoms with Crippen LogP contribution in [0.5, 0.6) is 5.75 Å². The fourth-order valence-corrected chi connectivity index (χ4v) is 5.39. The van der Waals surface area contributed by atoms with Crippen molar-refractivity contribution >= 4 is 11.8 Å². The molecule has 3 aromatic carbocycles. The van der Waals surface area contributed by atoms with Crippen LogP contribution in [0.4, 0.5) is 0 Å². The van der Waals surface area contributed by atoms with E-state index in [4.69, 9.17) is 4.74 Å². The van der Waals surface area contributed by atoms with Gasteiger partial charge in [0.1, 0.15) is 11.8 Å². The summed E-state index contributed by atoms with van der Waals surface area (Å²) < 4.78 is 5.18. The van der Waals surface area contributed by atoms with Gasteiger partial charge in [0.05, 0.1) is 7.11 Å². The average molecular weight is 484 g/mol. The Morgan fingerprint density at radius 2 is 1.47 bits per heavy atom. The molecule has 1 aliphatic carbocycles. The van der Waals surface area contributed by atoms with E-state index in [-0.39, 0.29) is 17.9 Å². The summed E-state index contributed by atoms with van der Waals surface area (Å²) in [6.07, 6.45) is 4.04. The van der Waals surface area contributed by atoms with E-state index >= 15 is 0 Å². The number of rotatable bonds is 7. The number of nitrogens with one attached hydrogen (secondary N) is 2. The number of nitrogens with zero attached hydrogens (tertiary/aromatic N) is 1. The highest BCUT2D eigenvalue weighted by molar-refractivity contribution is 5.98. The van der Waals surface area contributed by atoms with Crippen LogP contribution in [0.15, 0.2) is 78.9 Å². The molecule has 0 spiro atoms. The van der Waals surface area contributed by atoms with Crippen LogP contribution in [0, 0.1) is 0 Å². The van der Waals surface area contributed by atoms with Crippen molar-refractivity contribution in [2.24, 2.45) is 0 Å². The first-order valence-corrected chi connectivity index (χ1v) is 12.7. The van der Waals surface area contributed by atoms with Crippen LogP contribution >= 0.6 is 0 Å². The van der Waals surface area contributed by atoms with Crippen LogP contribution < -0.4 is 15.4 Å². The van der Waals surface area contributed by atoms with Gasteiger partial charge >= 0.3 is 0 Å². The van der Waals surface area contributed by atoms with Gasteiger partial charge in [-0.2, -0.15) is 0 Å². The molecule has 6 heteroatoms. The highest BCUT2D eigenvalue weighted by Crippen LogP contribution is 2.27. The molecule has 0 bridgehead atoms. The average Bonchev–Trinajstić information content (AvgIpc) is 3.37. The minimum absolute atomic E-state index is 0.0987. The summed E-state index contributed by atoms with van der Waals surface area (Å²) in [5, 5.41) is 6.16. The number of likely N-dealkylation sites (tertiary alicyclic amines) is 1. The molecule has 1 atom stereocenters. The first kappa shape index (κ1) is 24.1. The lowest BCUT2D eigenvalue weighted by molar-refractivity contribution is -0.124. The Morgan fingerprint density at radius 1 is 0.861 bits per heavy atom. The third kappa shape index (κ3) is 5.44. The molecule has 3 aromatic rings. The second kappa shape index (κ2) is 11.0. The van der Waals surface area contributed by atoms with E-state index in [0.29, 0.717) is 17.4 Å². The Kier molecular flexibility index (Phi) is 7.33. The monoisotopic (exact) mass is 483 g/mol. The summed E-state index contributed by atoms with van der Waals surface area (Å²) in [7, 11) is 1.59. The zero-order chi connectivity index (χ0) is 24.9. The van der Waals surface area contributed by atoms with Gasteiger partial charge in [-0.25, -0.2) is 0 Å². The molecule has 1 heterocycles. The normalized spacial score (nSPS) is 17.2. The Morgan fingerprint density at radius 3 is 2.08 bits per heavy atom. The topological polar surface area (TPSA) is 70.7 Å². The van der Waals surface area contributed by atoms with E-state index in [2.05, 4.69) is 39.8 Å². The number of carbonyl (C=O) groups excluding carboxylic acids is 2. The van der Waals surface area contributed by atoms with Crippen LogP contribution in [0.3, 0.4) is 0 Å². The molecular weight excluding hydrogens is 450 g/mol. The van der Waals surface area contributed by atoms with Gasteiger partial charge in [0.25, 0.3) is 5.91 Å².